The van der Waals surface area contributed by atoms with Gasteiger partial charge in [0.15, 0.2) is 5.58 Å². The maximum absolute atomic E-state index is 11.4. The first-order valence-electron chi connectivity index (χ1n) is 5.63. The molecule has 0 saturated carbocycles. The fourth-order valence-electron chi connectivity index (χ4n) is 2.34. The number of nitrogens with zero attached hydrogens (tertiary/aromatic N) is 1. The number of hydrogen-bond donors (Lipinski definition) is 2. The van der Waals surface area contributed by atoms with Crippen molar-refractivity contribution in [3.8, 4) is 0 Å². The molecule has 1 unspecified atom stereocenters. The number of oxazole rings is 1. The Balaban J connectivity index is 2.19. The lowest BCUT2D eigenvalue weighted by molar-refractivity contribution is 0.0588. The van der Waals surface area contributed by atoms with E-state index in [2.05, 4.69) is 5.32 Å². The Kier molecular flexibility index (Phi) is 2.14. The first-order valence-corrected chi connectivity index (χ1v) is 5.63. The molecule has 1 aromatic carbocycles. The Bertz CT molecular complexity index is 620. The molecule has 1 fully saturated rings. The molecule has 5 heteroatoms. The Morgan fingerprint density at radius 1 is 1.53 bits per heavy atom. The quantitative estimate of drug-likeness (QED) is 0.745. The van der Waals surface area contributed by atoms with Crippen molar-refractivity contribution in [3.05, 3.63) is 34.3 Å². The fourth-order valence-corrected chi connectivity index (χ4v) is 2.34. The van der Waals surface area contributed by atoms with Crippen LogP contribution in [0.3, 0.4) is 0 Å². The van der Waals surface area contributed by atoms with Crippen LogP contribution in [0.2, 0.25) is 0 Å². The Hall–Kier alpha value is -1.59. The van der Waals surface area contributed by atoms with Crippen molar-refractivity contribution in [1.82, 2.24) is 9.88 Å². The van der Waals surface area contributed by atoms with Gasteiger partial charge in [-0.15, -0.1) is 0 Å². The lowest BCUT2D eigenvalue weighted by Crippen LogP contribution is -2.28. The number of aromatic nitrogens is 1. The molecule has 1 atom stereocenters. The van der Waals surface area contributed by atoms with Crippen molar-refractivity contribution in [2.45, 2.75) is 12.0 Å². The largest absolute Gasteiger partial charge is 0.419 e. The van der Waals surface area contributed by atoms with Gasteiger partial charge < -0.3 is 14.8 Å². The van der Waals surface area contributed by atoms with Crippen LogP contribution >= 0.6 is 0 Å². The molecular weight excluding hydrogens is 220 g/mol. The van der Waals surface area contributed by atoms with Crippen LogP contribution in [0.25, 0.3) is 11.1 Å². The number of fused-ring (bicyclic) bond motifs is 1. The molecule has 2 aromatic rings. The van der Waals surface area contributed by atoms with Gasteiger partial charge in [0, 0.05) is 13.6 Å². The molecule has 90 valence electrons. The Morgan fingerprint density at radius 3 is 3.06 bits per heavy atom. The van der Waals surface area contributed by atoms with Crippen molar-refractivity contribution in [2.24, 2.45) is 7.05 Å². The van der Waals surface area contributed by atoms with Crippen molar-refractivity contribution in [3.63, 3.8) is 0 Å². The molecule has 0 amide bonds. The van der Waals surface area contributed by atoms with Gasteiger partial charge in [-0.25, -0.2) is 4.79 Å². The van der Waals surface area contributed by atoms with Gasteiger partial charge >= 0.3 is 5.76 Å². The van der Waals surface area contributed by atoms with Gasteiger partial charge in [-0.1, -0.05) is 6.07 Å². The summed E-state index contributed by atoms with van der Waals surface area (Å²) < 4.78 is 6.51. The summed E-state index contributed by atoms with van der Waals surface area (Å²) in [6, 6.07) is 5.38. The number of nitrogens with one attached hydrogen (secondary N) is 1. The van der Waals surface area contributed by atoms with E-state index in [4.69, 9.17) is 4.42 Å². The molecule has 0 radical (unpaired) electrons. The Labute approximate surface area is 97.7 Å². The third-order valence-corrected chi connectivity index (χ3v) is 3.46. The van der Waals surface area contributed by atoms with E-state index >= 15 is 0 Å². The van der Waals surface area contributed by atoms with E-state index in [0.29, 0.717) is 24.1 Å². The highest BCUT2D eigenvalue weighted by Gasteiger charge is 2.33. The van der Waals surface area contributed by atoms with E-state index < -0.39 is 5.60 Å². The minimum Gasteiger partial charge on any atom is -0.408 e. The molecule has 0 bridgehead atoms. The van der Waals surface area contributed by atoms with Gasteiger partial charge in [0.05, 0.1) is 5.52 Å². The molecule has 2 N–H and O–H groups in total. The summed E-state index contributed by atoms with van der Waals surface area (Å²) in [5.41, 5.74) is 1.26. The van der Waals surface area contributed by atoms with Crippen LogP contribution in [0.4, 0.5) is 0 Å². The average Bonchev–Trinajstić information content (AvgIpc) is 2.86. The molecule has 0 aliphatic carbocycles. The third-order valence-electron chi connectivity index (χ3n) is 3.46. The summed E-state index contributed by atoms with van der Waals surface area (Å²) in [5.74, 6) is -0.381. The maximum atomic E-state index is 11.4. The highest BCUT2D eigenvalue weighted by atomic mass is 16.4. The number of benzene rings is 1. The van der Waals surface area contributed by atoms with Gasteiger partial charge in [-0.3, -0.25) is 4.57 Å². The third kappa shape index (κ3) is 1.50. The van der Waals surface area contributed by atoms with E-state index in [9.17, 15) is 9.90 Å². The lowest BCUT2D eigenvalue weighted by atomic mass is 9.93. The van der Waals surface area contributed by atoms with Gasteiger partial charge in [0.25, 0.3) is 0 Å². The van der Waals surface area contributed by atoms with Crippen LogP contribution in [0.5, 0.6) is 0 Å². The minimum atomic E-state index is -0.832. The molecule has 0 spiro atoms. The summed E-state index contributed by atoms with van der Waals surface area (Å²) in [6.45, 7) is 1.35. The fraction of sp³-hybridized carbons (Fsp3) is 0.417. The second-order valence-electron chi connectivity index (χ2n) is 4.57. The average molecular weight is 234 g/mol. The zero-order valence-corrected chi connectivity index (χ0v) is 9.56. The molecule has 2 heterocycles. The number of aliphatic hydroxyl groups is 1. The van der Waals surface area contributed by atoms with Crippen LogP contribution in [0, 0.1) is 0 Å². The van der Waals surface area contributed by atoms with Crippen LogP contribution < -0.4 is 11.1 Å². The van der Waals surface area contributed by atoms with E-state index in [1.54, 1.807) is 13.1 Å². The molecule has 1 aliphatic rings. The van der Waals surface area contributed by atoms with Crippen molar-refractivity contribution >= 4 is 11.1 Å². The van der Waals surface area contributed by atoms with Gasteiger partial charge in [0.2, 0.25) is 0 Å². The number of aryl methyl sites for hydroxylation is 1. The minimum absolute atomic E-state index is 0.381. The van der Waals surface area contributed by atoms with Crippen LogP contribution in [0.15, 0.2) is 27.4 Å². The standard InChI is InChI=1S/C12H14N2O3/c1-14-9-6-8(12(16)4-5-13-7-12)2-3-10(9)17-11(14)15/h2-3,6,13,16H,4-5,7H2,1H3. The van der Waals surface area contributed by atoms with Crippen LogP contribution in [-0.4, -0.2) is 22.8 Å². The van der Waals surface area contributed by atoms with Gasteiger partial charge in [-0.05, 0) is 30.7 Å². The molecule has 17 heavy (non-hydrogen) atoms. The van der Waals surface area contributed by atoms with Crippen molar-refractivity contribution in [2.75, 3.05) is 13.1 Å². The summed E-state index contributed by atoms with van der Waals surface area (Å²) in [4.78, 5) is 11.4. The number of rotatable bonds is 1. The van der Waals surface area contributed by atoms with E-state index in [0.717, 1.165) is 12.1 Å². The summed E-state index contributed by atoms with van der Waals surface area (Å²) in [7, 11) is 1.66. The summed E-state index contributed by atoms with van der Waals surface area (Å²) in [6.07, 6.45) is 0.685. The predicted molar refractivity (Wildman–Crippen MR) is 62.8 cm³/mol. The lowest BCUT2D eigenvalue weighted by Gasteiger charge is -2.21. The summed E-state index contributed by atoms with van der Waals surface area (Å²) in [5, 5.41) is 13.6. The first-order chi connectivity index (χ1) is 8.10. The first kappa shape index (κ1) is 10.6. The highest BCUT2D eigenvalue weighted by Crippen LogP contribution is 2.29. The Morgan fingerprint density at radius 2 is 2.35 bits per heavy atom. The second-order valence-corrected chi connectivity index (χ2v) is 4.57. The van der Waals surface area contributed by atoms with E-state index in [1.165, 1.54) is 4.57 Å². The van der Waals surface area contributed by atoms with Gasteiger partial charge in [-0.2, -0.15) is 0 Å². The van der Waals surface area contributed by atoms with E-state index in [-0.39, 0.29) is 5.76 Å². The van der Waals surface area contributed by atoms with E-state index in [1.807, 2.05) is 12.1 Å². The zero-order valence-electron chi connectivity index (χ0n) is 9.56. The summed E-state index contributed by atoms with van der Waals surface area (Å²) >= 11 is 0. The monoisotopic (exact) mass is 234 g/mol. The van der Waals surface area contributed by atoms with Crippen molar-refractivity contribution < 1.29 is 9.52 Å². The molecule has 1 saturated heterocycles. The van der Waals surface area contributed by atoms with Crippen molar-refractivity contribution in [1.29, 1.82) is 0 Å². The SMILES string of the molecule is Cn1c(=O)oc2ccc(C3(O)CCNC3)cc21. The molecular formula is C12H14N2O3. The molecule has 1 aromatic heterocycles. The zero-order chi connectivity index (χ0) is 12.0. The second kappa shape index (κ2) is 3.45. The maximum Gasteiger partial charge on any atom is 0.419 e. The van der Waals surface area contributed by atoms with Crippen LogP contribution in [0.1, 0.15) is 12.0 Å². The van der Waals surface area contributed by atoms with Crippen LogP contribution in [-0.2, 0) is 12.6 Å². The topological polar surface area (TPSA) is 67.4 Å². The molecule has 5 nitrogen and oxygen atoms in total. The number of β-amino-alcohol motifs (C(OH)–C–C–N with tert-alkyl or cyclic N) is 1. The molecule has 3 rings (SSSR count). The highest BCUT2D eigenvalue weighted by molar-refractivity contribution is 5.74. The number of hydrogen-bond acceptors (Lipinski definition) is 4. The van der Waals surface area contributed by atoms with Gasteiger partial charge in [0.1, 0.15) is 5.60 Å². The molecule has 1 aliphatic heterocycles. The smallest absolute Gasteiger partial charge is 0.408 e. The predicted octanol–water partition coefficient (Wildman–Crippen LogP) is 0.312. The normalized spacial score (nSPS) is 24.6.